The highest BCUT2D eigenvalue weighted by atomic mass is 32.2. The number of aryl methyl sites for hydroxylation is 2. The summed E-state index contributed by atoms with van der Waals surface area (Å²) < 4.78 is 31.9. The maximum atomic E-state index is 12.7. The predicted molar refractivity (Wildman–Crippen MR) is 98.4 cm³/mol. The maximum absolute atomic E-state index is 12.7. The fourth-order valence-corrected chi connectivity index (χ4v) is 4.57. The summed E-state index contributed by atoms with van der Waals surface area (Å²) in [7, 11) is -3.50. The highest BCUT2D eigenvalue weighted by Crippen LogP contribution is 2.24. The molecule has 2 aromatic rings. The minimum Gasteiger partial charge on any atom is -0.355 e. The predicted octanol–water partition coefficient (Wildman–Crippen LogP) is 1.45. The van der Waals surface area contributed by atoms with Crippen LogP contribution in [0.4, 0.5) is 0 Å². The third-order valence-electron chi connectivity index (χ3n) is 4.69. The van der Waals surface area contributed by atoms with E-state index in [9.17, 15) is 13.2 Å². The van der Waals surface area contributed by atoms with Gasteiger partial charge in [0.2, 0.25) is 21.8 Å². The lowest BCUT2D eigenvalue weighted by atomic mass is 9.97. The quantitative estimate of drug-likeness (QED) is 0.798. The molecule has 146 valence electrons. The summed E-state index contributed by atoms with van der Waals surface area (Å²) in [5.41, 5.74) is 1.01. The van der Waals surface area contributed by atoms with E-state index < -0.39 is 10.0 Å². The monoisotopic (exact) mass is 392 g/mol. The number of aromatic nitrogens is 2. The number of carbonyl (C=O) groups excluding carboxylic acids is 1. The van der Waals surface area contributed by atoms with Crippen LogP contribution in [0.3, 0.4) is 0 Å². The van der Waals surface area contributed by atoms with Crippen molar-refractivity contribution in [2.24, 2.45) is 5.92 Å². The molecule has 0 saturated carbocycles. The second-order valence-corrected chi connectivity index (χ2v) is 8.71. The molecule has 1 fully saturated rings. The van der Waals surface area contributed by atoms with Crippen LogP contribution in [0.25, 0.3) is 0 Å². The summed E-state index contributed by atoms with van der Waals surface area (Å²) in [4.78, 5) is 16.7. The van der Waals surface area contributed by atoms with Gasteiger partial charge in [0, 0.05) is 32.0 Å². The van der Waals surface area contributed by atoms with Gasteiger partial charge in [0.15, 0.2) is 5.82 Å². The summed E-state index contributed by atoms with van der Waals surface area (Å²) in [6, 6.07) is 6.83. The van der Waals surface area contributed by atoms with Crippen LogP contribution >= 0.6 is 0 Å². The number of nitrogens with zero attached hydrogens (tertiary/aromatic N) is 3. The molecule has 1 saturated heterocycles. The van der Waals surface area contributed by atoms with Gasteiger partial charge in [0.05, 0.1) is 4.90 Å². The summed E-state index contributed by atoms with van der Waals surface area (Å²) in [5, 5.41) is 6.57. The molecule has 1 amide bonds. The van der Waals surface area contributed by atoms with E-state index in [4.69, 9.17) is 4.52 Å². The number of amides is 1. The third-order valence-corrected chi connectivity index (χ3v) is 6.60. The molecule has 0 spiro atoms. The molecule has 0 radical (unpaired) electrons. The first-order chi connectivity index (χ1) is 12.9. The average Bonchev–Trinajstić information content (AvgIpc) is 3.07. The Bertz CT molecular complexity index is 884. The van der Waals surface area contributed by atoms with Crippen LogP contribution in [-0.4, -0.2) is 48.4 Å². The molecular formula is C18H24N4O4S. The number of sulfonamides is 1. The fourth-order valence-electron chi connectivity index (χ4n) is 3.10. The van der Waals surface area contributed by atoms with Gasteiger partial charge < -0.3 is 9.84 Å². The van der Waals surface area contributed by atoms with E-state index in [0.717, 1.165) is 5.56 Å². The Morgan fingerprint density at radius 1 is 1.22 bits per heavy atom. The Morgan fingerprint density at radius 2 is 1.89 bits per heavy atom. The lowest BCUT2D eigenvalue weighted by Crippen LogP contribution is -2.43. The minimum atomic E-state index is -3.50. The first-order valence-corrected chi connectivity index (χ1v) is 10.4. The molecule has 0 bridgehead atoms. The van der Waals surface area contributed by atoms with Crippen LogP contribution < -0.4 is 5.32 Å². The van der Waals surface area contributed by atoms with Crippen molar-refractivity contribution in [2.75, 3.05) is 19.6 Å². The lowest BCUT2D eigenvalue weighted by molar-refractivity contribution is -0.126. The Balaban J connectivity index is 1.49. The zero-order valence-electron chi connectivity index (χ0n) is 15.5. The van der Waals surface area contributed by atoms with Crippen molar-refractivity contribution in [3.8, 4) is 0 Å². The van der Waals surface area contributed by atoms with Gasteiger partial charge in [-0.05, 0) is 38.8 Å². The van der Waals surface area contributed by atoms with Crippen LogP contribution in [0.2, 0.25) is 0 Å². The largest absolute Gasteiger partial charge is 0.355 e. The van der Waals surface area contributed by atoms with Gasteiger partial charge >= 0.3 is 0 Å². The molecule has 3 rings (SSSR count). The Hall–Kier alpha value is -2.26. The van der Waals surface area contributed by atoms with Crippen molar-refractivity contribution in [1.29, 1.82) is 0 Å². The van der Waals surface area contributed by atoms with Crippen molar-refractivity contribution < 1.29 is 17.7 Å². The van der Waals surface area contributed by atoms with E-state index in [1.165, 1.54) is 4.31 Å². The Kier molecular flexibility index (Phi) is 5.91. The molecule has 9 heteroatoms. The number of nitrogens with one attached hydrogen (secondary N) is 1. The smallest absolute Gasteiger partial charge is 0.243 e. The van der Waals surface area contributed by atoms with Crippen LogP contribution in [0.5, 0.6) is 0 Å². The van der Waals surface area contributed by atoms with Crippen molar-refractivity contribution in [2.45, 2.75) is 38.0 Å². The van der Waals surface area contributed by atoms with E-state index >= 15 is 0 Å². The minimum absolute atomic E-state index is 0.0568. The zero-order chi connectivity index (χ0) is 19.4. The molecular weight excluding hydrogens is 368 g/mol. The molecule has 0 atom stereocenters. The SMILES string of the molecule is Cc1ccc(S(=O)(=O)N2CCC(C(=O)NCCc3nc(C)no3)CC2)cc1. The van der Waals surface area contributed by atoms with Gasteiger partial charge in [-0.3, -0.25) is 4.79 Å². The van der Waals surface area contributed by atoms with Crippen LogP contribution in [0.1, 0.15) is 30.1 Å². The summed E-state index contributed by atoms with van der Waals surface area (Å²) in [6.45, 7) is 4.76. The number of rotatable bonds is 6. The van der Waals surface area contributed by atoms with Crippen molar-refractivity contribution in [3.63, 3.8) is 0 Å². The molecule has 2 heterocycles. The number of carbonyl (C=O) groups is 1. The van der Waals surface area contributed by atoms with Gasteiger partial charge in [-0.2, -0.15) is 9.29 Å². The number of benzene rings is 1. The first kappa shape index (κ1) is 19.5. The molecule has 1 aliphatic rings. The topological polar surface area (TPSA) is 105 Å². The van der Waals surface area contributed by atoms with Crippen LogP contribution in [0.15, 0.2) is 33.7 Å². The maximum Gasteiger partial charge on any atom is 0.243 e. The molecule has 0 unspecified atom stereocenters. The fraction of sp³-hybridized carbons (Fsp3) is 0.500. The van der Waals surface area contributed by atoms with E-state index in [1.54, 1.807) is 31.2 Å². The normalized spacial score (nSPS) is 16.4. The number of hydrogen-bond acceptors (Lipinski definition) is 6. The molecule has 1 aromatic heterocycles. The van der Waals surface area contributed by atoms with Gasteiger partial charge in [0.25, 0.3) is 0 Å². The lowest BCUT2D eigenvalue weighted by Gasteiger charge is -2.30. The molecule has 1 aliphatic heterocycles. The molecule has 27 heavy (non-hydrogen) atoms. The number of hydrogen-bond donors (Lipinski definition) is 1. The highest BCUT2D eigenvalue weighted by Gasteiger charge is 2.31. The number of piperidine rings is 1. The first-order valence-electron chi connectivity index (χ1n) is 9.00. The zero-order valence-corrected chi connectivity index (χ0v) is 16.3. The van der Waals surface area contributed by atoms with Crippen LogP contribution in [0, 0.1) is 19.8 Å². The summed E-state index contributed by atoms with van der Waals surface area (Å²) in [6.07, 6.45) is 1.50. The van der Waals surface area contributed by atoms with E-state index in [2.05, 4.69) is 15.5 Å². The summed E-state index contributed by atoms with van der Waals surface area (Å²) in [5.74, 6) is 0.822. The summed E-state index contributed by atoms with van der Waals surface area (Å²) >= 11 is 0. The van der Waals surface area contributed by atoms with Gasteiger partial charge in [-0.15, -0.1) is 0 Å². The molecule has 8 nitrogen and oxygen atoms in total. The average molecular weight is 392 g/mol. The second kappa shape index (κ2) is 8.18. The van der Waals surface area contributed by atoms with Crippen LogP contribution in [-0.2, 0) is 21.2 Å². The van der Waals surface area contributed by atoms with Crippen molar-refractivity contribution in [3.05, 3.63) is 41.5 Å². The Morgan fingerprint density at radius 3 is 2.48 bits per heavy atom. The Labute approximate surface area is 159 Å². The van der Waals surface area contributed by atoms with Crippen molar-refractivity contribution >= 4 is 15.9 Å². The van der Waals surface area contributed by atoms with E-state index in [-0.39, 0.29) is 11.8 Å². The van der Waals surface area contributed by atoms with Gasteiger partial charge in [-0.25, -0.2) is 8.42 Å². The second-order valence-electron chi connectivity index (χ2n) is 6.77. The molecule has 1 aromatic carbocycles. The van der Waals surface area contributed by atoms with Gasteiger partial charge in [-0.1, -0.05) is 22.9 Å². The molecule has 0 aliphatic carbocycles. The van der Waals surface area contributed by atoms with Crippen molar-refractivity contribution in [1.82, 2.24) is 19.8 Å². The van der Waals surface area contributed by atoms with Gasteiger partial charge in [0.1, 0.15) is 0 Å². The van der Waals surface area contributed by atoms with E-state index in [1.807, 2.05) is 6.92 Å². The highest BCUT2D eigenvalue weighted by molar-refractivity contribution is 7.89. The third kappa shape index (κ3) is 4.72. The standard InChI is InChI=1S/C18H24N4O4S/c1-13-3-5-16(6-4-13)27(24,25)22-11-8-15(9-12-22)18(23)19-10-7-17-20-14(2)21-26-17/h3-6,15H,7-12H2,1-2H3,(H,19,23). The van der Waals surface area contributed by atoms with E-state index in [0.29, 0.717) is 55.5 Å². The molecule has 1 N–H and O–H groups in total.